The number of furan rings is 1. The van der Waals surface area contributed by atoms with Gasteiger partial charge in [-0.15, -0.1) is 0 Å². The van der Waals surface area contributed by atoms with E-state index in [-0.39, 0.29) is 0 Å². The molecule has 0 unspecified atom stereocenters. The highest BCUT2D eigenvalue weighted by molar-refractivity contribution is 6.88. The summed E-state index contributed by atoms with van der Waals surface area (Å²) in [5, 5.41) is 3.84. The van der Waals surface area contributed by atoms with Crippen molar-refractivity contribution in [3.8, 4) is 11.3 Å². The molecule has 0 spiro atoms. The molecule has 0 bridgehead atoms. The molecule has 3 heteroatoms. The Labute approximate surface area is 143 Å². The summed E-state index contributed by atoms with van der Waals surface area (Å²) in [6.07, 6.45) is 1.86. The van der Waals surface area contributed by atoms with Crippen molar-refractivity contribution in [2.24, 2.45) is 0 Å². The number of pyridine rings is 1. The highest BCUT2D eigenvalue weighted by atomic mass is 28.3. The summed E-state index contributed by atoms with van der Waals surface area (Å²) in [4.78, 5) is 4.53. The highest BCUT2D eigenvalue weighted by Crippen LogP contribution is 2.35. The lowest BCUT2D eigenvalue weighted by atomic mass is 10.1. The molecule has 0 aliphatic heterocycles. The number of aromatic nitrogens is 1. The van der Waals surface area contributed by atoms with Crippen molar-refractivity contribution in [1.82, 2.24) is 4.98 Å². The zero-order valence-electron chi connectivity index (χ0n) is 14.6. The maximum Gasteiger partial charge on any atom is 0.144 e. The Bertz CT molecular complexity index is 1060. The Hall–Kier alpha value is -2.39. The van der Waals surface area contributed by atoms with Gasteiger partial charge in [0.15, 0.2) is 0 Å². The summed E-state index contributed by atoms with van der Waals surface area (Å²) in [6, 6.07) is 17.1. The SMILES string of the molecule is Cc1ccnc(-c2cccc3c2oc2ccc([Si](C)(C)C)cc23)c1. The van der Waals surface area contributed by atoms with E-state index in [1.54, 1.807) is 0 Å². The van der Waals surface area contributed by atoms with E-state index in [1.165, 1.54) is 21.5 Å². The van der Waals surface area contributed by atoms with Crippen LogP contribution in [0.5, 0.6) is 0 Å². The predicted octanol–water partition coefficient (Wildman–Crippen LogP) is 5.50. The van der Waals surface area contributed by atoms with E-state index in [9.17, 15) is 0 Å². The van der Waals surface area contributed by atoms with Gasteiger partial charge in [-0.1, -0.05) is 49.1 Å². The summed E-state index contributed by atoms with van der Waals surface area (Å²) < 4.78 is 6.22. The van der Waals surface area contributed by atoms with E-state index in [0.29, 0.717) is 0 Å². The van der Waals surface area contributed by atoms with Gasteiger partial charge in [-0.25, -0.2) is 0 Å². The lowest BCUT2D eigenvalue weighted by Crippen LogP contribution is -2.37. The minimum atomic E-state index is -1.35. The summed E-state index contributed by atoms with van der Waals surface area (Å²) >= 11 is 0. The first-order chi connectivity index (χ1) is 11.4. The number of rotatable bonds is 2. The van der Waals surface area contributed by atoms with Crippen LogP contribution in [-0.4, -0.2) is 13.1 Å². The van der Waals surface area contributed by atoms with E-state index in [4.69, 9.17) is 4.42 Å². The first-order valence-electron chi connectivity index (χ1n) is 8.32. The minimum Gasteiger partial charge on any atom is -0.455 e. The van der Waals surface area contributed by atoms with E-state index in [1.807, 2.05) is 12.3 Å². The van der Waals surface area contributed by atoms with Crippen LogP contribution in [0, 0.1) is 6.92 Å². The van der Waals surface area contributed by atoms with Gasteiger partial charge in [-0.3, -0.25) is 4.98 Å². The molecule has 4 aromatic rings. The molecule has 0 aliphatic carbocycles. The first kappa shape index (κ1) is 15.2. The van der Waals surface area contributed by atoms with Gasteiger partial charge in [0.2, 0.25) is 0 Å². The number of fused-ring (bicyclic) bond motifs is 3. The molecule has 0 saturated carbocycles. The van der Waals surface area contributed by atoms with Gasteiger partial charge in [-0.2, -0.15) is 0 Å². The molecule has 4 rings (SSSR count). The standard InChI is InChI=1S/C21H21NOSi/c1-14-10-11-22-19(12-14)17-7-5-6-16-18-13-15(24(2,3)4)8-9-20(18)23-21(16)17/h5-13H,1-4H3. The number of hydrogen-bond acceptors (Lipinski definition) is 2. The molecule has 24 heavy (non-hydrogen) atoms. The smallest absolute Gasteiger partial charge is 0.144 e. The summed E-state index contributed by atoms with van der Waals surface area (Å²) in [7, 11) is -1.35. The largest absolute Gasteiger partial charge is 0.455 e. The minimum absolute atomic E-state index is 0.929. The summed E-state index contributed by atoms with van der Waals surface area (Å²) in [6.45, 7) is 9.21. The summed E-state index contributed by atoms with van der Waals surface area (Å²) in [5.41, 5.74) is 5.10. The molecule has 0 atom stereocenters. The van der Waals surface area contributed by atoms with Gasteiger partial charge in [0.25, 0.3) is 0 Å². The quantitative estimate of drug-likeness (QED) is 0.453. The van der Waals surface area contributed by atoms with Gasteiger partial charge in [0.05, 0.1) is 13.8 Å². The molecule has 0 radical (unpaired) electrons. The highest BCUT2D eigenvalue weighted by Gasteiger charge is 2.19. The number of aryl methyl sites for hydroxylation is 1. The van der Waals surface area contributed by atoms with E-state index in [2.05, 4.69) is 74.0 Å². The molecule has 2 aromatic heterocycles. The van der Waals surface area contributed by atoms with E-state index < -0.39 is 8.07 Å². The Morgan fingerprint density at radius 1 is 0.917 bits per heavy atom. The Morgan fingerprint density at radius 3 is 2.50 bits per heavy atom. The van der Waals surface area contributed by atoms with E-state index >= 15 is 0 Å². The van der Waals surface area contributed by atoms with Crippen molar-refractivity contribution < 1.29 is 4.42 Å². The van der Waals surface area contributed by atoms with Gasteiger partial charge in [0.1, 0.15) is 11.2 Å². The normalized spacial score (nSPS) is 12.2. The maximum absolute atomic E-state index is 6.22. The van der Waals surface area contributed by atoms with Crippen LogP contribution >= 0.6 is 0 Å². The molecule has 2 aromatic carbocycles. The lowest BCUT2D eigenvalue weighted by molar-refractivity contribution is 0.670. The van der Waals surface area contributed by atoms with Crippen LogP contribution in [0.25, 0.3) is 33.2 Å². The summed E-state index contributed by atoms with van der Waals surface area (Å²) in [5.74, 6) is 0. The molecule has 0 amide bonds. The fraction of sp³-hybridized carbons (Fsp3) is 0.190. The second-order valence-electron chi connectivity index (χ2n) is 7.46. The Kier molecular flexibility index (Phi) is 3.36. The van der Waals surface area contributed by atoms with Crippen LogP contribution in [0.3, 0.4) is 0 Å². The van der Waals surface area contributed by atoms with Crippen molar-refractivity contribution in [3.63, 3.8) is 0 Å². The number of para-hydroxylation sites is 1. The lowest BCUT2D eigenvalue weighted by Gasteiger charge is -2.16. The average molecular weight is 331 g/mol. The predicted molar refractivity (Wildman–Crippen MR) is 105 cm³/mol. The molecule has 0 N–H and O–H groups in total. The van der Waals surface area contributed by atoms with Crippen molar-refractivity contribution in [2.75, 3.05) is 0 Å². The Morgan fingerprint density at radius 2 is 1.75 bits per heavy atom. The van der Waals surface area contributed by atoms with Crippen LogP contribution in [0.2, 0.25) is 19.6 Å². The average Bonchev–Trinajstić information content (AvgIpc) is 2.91. The van der Waals surface area contributed by atoms with Crippen LogP contribution < -0.4 is 5.19 Å². The molecule has 2 heterocycles. The van der Waals surface area contributed by atoms with Gasteiger partial charge in [-0.05, 0) is 36.8 Å². The fourth-order valence-corrected chi connectivity index (χ4v) is 4.31. The van der Waals surface area contributed by atoms with Crippen LogP contribution in [-0.2, 0) is 0 Å². The topological polar surface area (TPSA) is 26.0 Å². The zero-order chi connectivity index (χ0) is 16.9. The molecule has 0 aliphatic rings. The number of nitrogens with zero attached hydrogens (tertiary/aromatic N) is 1. The zero-order valence-corrected chi connectivity index (χ0v) is 15.6. The van der Waals surface area contributed by atoms with Crippen LogP contribution in [0.15, 0.2) is 59.1 Å². The first-order valence-corrected chi connectivity index (χ1v) is 11.8. The molecular formula is C21H21NOSi. The van der Waals surface area contributed by atoms with Crippen LogP contribution in [0.1, 0.15) is 5.56 Å². The van der Waals surface area contributed by atoms with Crippen molar-refractivity contribution in [1.29, 1.82) is 0 Å². The third-order valence-corrected chi connectivity index (χ3v) is 6.60. The monoisotopic (exact) mass is 331 g/mol. The number of benzene rings is 2. The van der Waals surface area contributed by atoms with Crippen LogP contribution in [0.4, 0.5) is 0 Å². The van der Waals surface area contributed by atoms with Gasteiger partial charge in [0, 0.05) is 22.5 Å². The van der Waals surface area contributed by atoms with Crippen molar-refractivity contribution in [2.45, 2.75) is 26.6 Å². The van der Waals surface area contributed by atoms with Gasteiger partial charge < -0.3 is 4.42 Å². The second kappa shape index (κ2) is 5.31. The van der Waals surface area contributed by atoms with Crippen molar-refractivity contribution >= 4 is 35.2 Å². The van der Waals surface area contributed by atoms with E-state index in [0.717, 1.165) is 22.4 Å². The molecule has 120 valence electrons. The third kappa shape index (κ3) is 2.45. The number of hydrogen-bond donors (Lipinski definition) is 0. The second-order valence-corrected chi connectivity index (χ2v) is 12.5. The van der Waals surface area contributed by atoms with Gasteiger partial charge >= 0.3 is 0 Å². The molecule has 0 saturated heterocycles. The third-order valence-electron chi connectivity index (χ3n) is 4.55. The molecular weight excluding hydrogens is 310 g/mol. The Balaban J connectivity index is 2.02. The maximum atomic E-state index is 6.22. The molecule has 0 fully saturated rings. The molecule has 2 nitrogen and oxygen atoms in total. The van der Waals surface area contributed by atoms with Crippen molar-refractivity contribution in [3.05, 3.63) is 60.3 Å². The fourth-order valence-electron chi connectivity index (χ4n) is 3.15.